The van der Waals surface area contributed by atoms with E-state index in [0.717, 1.165) is 0 Å². The summed E-state index contributed by atoms with van der Waals surface area (Å²) < 4.78 is 0. The molecule has 0 radical (unpaired) electrons. The molecule has 8 heteroatoms. The van der Waals surface area contributed by atoms with Gasteiger partial charge in [-0.1, -0.05) is 72.8 Å². The molecule has 0 saturated carbocycles. The summed E-state index contributed by atoms with van der Waals surface area (Å²) in [5, 5.41) is 38.4. The van der Waals surface area contributed by atoms with Crippen molar-refractivity contribution in [1.29, 1.82) is 0 Å². The summed E-state index contributed by atoms with van der Waals surface area (Å²) in [5.41, 5.74) is 0. The zero-order chi connectivity index (χ0) is 23.9. The number of benzene rings is 5. The van der Waals surface area contributed by atoms with Crippen LogP contribution in [0.5, 0.6) is 0 Å². The van der Waals surface area contributed by atoms with Gasteiger partial charge in [0, 0.05) is 0 Å². The van der Waals surface area contributed by atoms with Gasteiger partial charge in [-0.25, -0.2) is 0 Å². The fraction of sp³-hybridized carbons (Fsp3) is 0. The van der Waals surface area contributed by atoms with Gasteiger partial charge in [0.2, 0.25) is 0 Å². The van der Waals surface area contributed by atoms with Crippen molar-refractivity contribution < 1.29 is 39.6 Å². The van der Waals surface area contributed by atoms with E-state index in [1.54, 1.807) is 0 Å². The van der Waals surface area contributed by atoms with E-state index < -0.39 is 0 Å². The summed E-state index contributed by atoms with van der Waals surface area (Å²) >= 11 is 0. The molecule has 0 fully saturated rings. The van der Waals surface area contributed by atoms with Crippen molar-refractivity contribution in [3.63, 3.8) is 0 Å². The van der Waals surface area contributed by atoms with Crippen molar-refractivity contribution in [3.8, 4) is 0 Å². The highest BCUT2D eigenvalue weighted by Crippen LogP contribution is 2.39. The number of carbonyl (C=O) groups is 4. The molecule has 5 aromatic rings. The smallest absolute Gasteiger partial charge is 0.290 e. The zero-order valence-electron chi connectivity index (χ0n) is 16.7. The summed E-state index contributed by atoms with van der Waals surface area (Å²) in [7, 11) is 0. The first-order valence-corrected chi connectivity index (χ1v) is 8.95. The molecular weight excluding hydrogens is 416 g/mol. The molecule has 0 amide bonds. The lowest BCUT2D eigenvalue weighted by Gasteiger charge is -2.13. The Hall–Kier alpha value is -4.72. The van der Waals surface area contributed by atoms with Crippen molar-refractivity contribution in [3.05, 3.63) is 72.8 Å². The SMILES string of the molecule is O=CO.O=CO.O=CO.O=CO.c1cc2cccc3c4cccc5cccc(c(c1)c23)c54. The molecule has 0 aliphatic heterocycles. The highest BCUT2D eigenvalue weighted by Gasteiger charge is 2.11. The van der Waals surface area contributed by atoms with Crippen molar-refractivity contribution in [1.82, 2.24) is 0 Å². The first kappa shape index (κ1) is 25.3. The van der Waals surface area contributed by atoms with E-state index in [1.807, 2.05) is 0 Å². The lowest BCUT2D eigenvalue weighted by atomic mass is 9.90. The van der Waals surface area contributed by atoms with E-state index in [-0.39, 0.29) is 25.9 Å². The fourth-order valence-electron chi connectivity index (χ4n) is 3.58. The van der Waals surface area contributed by atoms with Crippen LogP contribution in [0.15, 0.2) is 72.8 Å². The molecule has 0 atom stereocenters. The minimum atomic E-state index is -0.250. The standard InChI is InChI=1S/C20H12.4CH2O2/c1-5-13-6-2-11-17-18-12-4-8-14-7-3-10-16(20(14)18)15(9-1)19(13)17;4*2-1-3/h1-12H;4*1H,(H,2,3). The van der Waals surface area contributed by atoms with Crippen LogP contribution in [0.25, 0.3) is 43.1 Å². The Morgan fingerprint density at radius 1 is 0.406 bits per heavy atom. The van der Waals surface area contributed by atoms with Gasteiger partial charge in [-0.2, -0.15) is 0 Å². The van der Waals surface area contributed by atoms with Gasteiger partial charge < -0.3 is 20.4 Å². The maximum Gasteiger partial charge on any atom is 0.290 e. The lowest BCUT2D eigenvalue weighted by molar-refractivity contribution is -0.123. The van der Waals surface area contributed by atoms with Crippen molar-refractivity contribution in [2.75, 3.05) is 0 Å². The molecule has 0 spiro atoms. The third-order valence-corrected chi connectivity index (χ3v) is 4.39. The van der Waals surface area contributed by atoms with E-state index in [4.69, 9.17) is 39.6 Å². The van der Waals surface area contributed by atoms with Crippen LogP contribution in [0, 0.1) is 0 Å². The second-order valence-corrected chi connectivity index (χ2v) is 5.84. The van der Waals surface area contributed by atoms with Crippen LogP contribution in [-0.2, 0) is 19.2 Å². The molecule has 0 bridgehead atoms. The van der Waals surface area contributed by atoms with Crippen LogP contribution in [0.1, 0.15) is 0 Å². The van der Waals surface area contributed by atoms with Gasteiger partial charge in [-0.05, 0) is 43.1 Å². The topological polar surface area (TPSA) is 149 Å². The Kier molecular flexibility index (Phi) is 10.7. The molecule has 0 aliphatic carbocycles. The highest BCUT2D eigenvalue weighted by atomic mass is 16.4. The van der Waals surface area contributed by atoms with Crippen LogP contribution >= 0.6 is 0 Å². The predicted molar refractivity (Wildman–Crippen MR) is 122 cm³/mol. The van der Waals surface area contributed by atoms with Crippen LogP contribution in [0.3, 0.4) is 0 Å². The monoisotopic (exact) mass is 436 g/mol. The van der Waals surface area contributed by atoms with Gasteiger partial charge in [-0.3, -0.25) is 19.2 Å². The van der Waals surface area contributed by atoms with Gasteiger partial charge in [-0.15, -0.1) is 0 Å². The molecule has 32 heavy (non-hydrogen) atoms. The maximum absolute atomic E-state index is 8.36. The third kappa shape index (κ3) is 5.67. The number of rotatable bonds is 0. The van der Waals surface area contributed by atoms with Crippen LogP contribution in [-0.4, -0.2) is 46.3 Å². The van der Waals surface area contributed by atoms with E-state index in [9.17, 15) is 0 Å². The molecule has 0 saturated heterocycles. The Labute approximate surface area is 181 Å². The largest absolute Gasteiger partial charge is 0.483 e. The molecule has 8 nitrogen and oxygen atoms in total. The Morgan fingerprint density at radius 2 is 0.594 bits per heavy atom. The summed E-state index contributed by atoms with van der Waals surface area (Å²) in [4.78, 5) is 33.4. The van der Waals surface area contributed by atoms with Gasteiger partial charge in [0.25, 0.3) is 25.9 Å². The Bertz CT molecular complexity index is 1100. The van der Waals surface area contributed by atoms with Gasteiger partial charge in [0.05, 0.1) is 0 Å². The summed E-state index contributed by atoms with van der Waals surface area (Å²) in [5.74, 6) is 0. The molecular formula is C24H20O8. The lowest BCUT2D eigenvalue weighted by Crippen LogP contribution is -1.85. The maximum atomic E-state index is 8.36. The summed E-state index contributed by atoms with van der Waals surface area (Å²) in [6.45, 7) is -1.00. The Morgan fingerprint density at radius 3 is 0.781 bits per heavy atom. The van der Waals surface area contributed by atoms with Crippen molar-refractivity contribution >= 4 is 69.0 Å². The molecule has 164 valence electrons. The Balaban J connectivity index is 0.000000364. The number of hydrogen-bond acceptors (Lipinski definition) is 4. The second kappa shape index (κ2) is 13.5. The molecule has 0 heterocycles. The van der Waals surface area contributed by atoms with Crippen molar-refractivity contribution in [2.45, 2.75) is 0 Å². The van der Waals surface area contributed by atoms with Crippen LogP contribution < -0.4 is 0 Å². The van der Waals surface area contributed by atoms with E-state index >= 15 is 0 Å². The van der Waals surface area contributed by atoms with E-state index in [2.05, 4.69) is 72.8 Å². The fourth-order valence-corrected chi connectivity index (χ4v) is 3.58. The number of carboxylic acid groups (broad SMARTS) is 4. The van der Waals surface area contributed by atoms with Crippen molar-refractivity contribution in [2.24, 2.45) is 0 Å². The molecule has 4 N–H and O–H groups in total. The second-order valence-electron chi connectivity index (χ2n) is 5.84. The first-order chi connectivity index (χ1) is 15.6. The van der Waals surface area contributed by atoms with E-state index in [0.29, 0.717) is 0 Å². The van der Waals surface area contributed by atoms with Gasteiger partial charge in [0.15, 0.2) is 0 Å². The third-order valence-electron chi connectivity index (χ3n) is 4.39. The van der Waals surface area contributed by atoms with Crippen LogP contribution in [0.2, 0.25) is 0 Å². The predicted octanol–water partition coefficient (Wildman–Crippen LogP) is 4.54. The van der Waals surface area contributed by atoms with Gasteiger partial charge >= 0.3 is 0 Å². The molecule has 0 unspecified atom stereocenters. The molecule has 0 aromatic heterocycles. The normalized spacial score (nSPS) is 9.00. The van der Waals surface area contributed by atoms with Crippen LogP contribution in [0.4, 0.5) is 0 Å². The molecule has 0 aliphatic rings. The zero-order valence-corrected chi connectivity index (χ0v) is 16.7. The molecule has 5 rings (SSSR count). The number of hydrogen-bond donors (Lipinski definition) is 4. The highest BCUT2D eigenvalue weighted by molar-refractivity contribution is 6.32. The summed E-state index contributed by atoms with van der Waals surface area (Å²) in [6.07, 6.45) is 0. The van der Waals surface area contributed by atoms with Gasteiger partial charge in [0.1, 0.15) is 0 Å². The first-order valence-electron chi connectivity index (χ1n) is 8.95. The molecule has 5 aromatic carbocycles. The minimum absolute atomic E-state index is 0.250. The quantitative estimate of drug-likeness (QED) is 0.157. The minimum Gasteiger partial charge on any atom is -0.483 e. The average molecular weight is 436 g/mol. The average Bonchev–Trinajstić information content (AvgIpc) is 2.79. The number of fused-ring (bicyclic) bond motifs is 2. The van der Waals surface area contributed by atoms with E-state index in [1.165, 1.54) is 43.1 Å². The summed E-state index contributed by atoms with van der Waals surface area (Å²) in [6, 6.07) is 26.4.